The fraction of sp³-hybridized carbons (Fsp3) is 0.562. The molecule has 1 aromatic carbocycles. The molecular weight excluding hydrogens is 320 g/mol. The number of benzene rings is 1. The van der Waals surface area contributed by atoms with Crippen molar-refractivity contribution in [3.8, 4) is 5.75 Å². The molecule has 2 N–H and O–H groups in total. The zero-order valence-corrected chi connectivity index (χ0v) is 14.8. The molecule has 1 saturated heterocycles. The summed E-state index contributed by atoms with van der Waals surface area (Å²) in [6.07, 6.45) is 4.76. The number of hydrogen-bond donors (Lipinski definition) is 1. The van der Waals surface area contributed by atoms with Gasteiger partial charge in [0, 0.05) is 24.0 Å². The summed E-state index contributed by atoms with van der Waals surface area (Å²) in [5.41, 5.74) is 5.78. The van der Waals surface area contributed by atoms with Crippen LogP contribution < -0.4 is 10.5 Å². The molecule has 1 amide bonds. The van der Waals surface area contributed by atoms with Gasteiger partial charge in [-0.2, -0.15) is 0 Å². The Kier molecular flexibility index (Phi) is 8.07. The number of hydrogen-bond acceptors (Lipinski definition) is 4. The summed E-state index contributed by atoms with van der Waals surface area (Å²) in [6, 6.07) is 7.98. The van der Waals surface area contributed by atoms with Crippen LogP contribution in [0.25, 0.3) is 0 Å². The lowest BCUT2D eigenvalue weighted by Gasteiger charge is -2.36. The Bertz CT molecular complexity index is 470. The van der Waals surface area contributed by atoms with E-state index < -0.39 is 6.10 Å². The summed E-state index contributed by atoms with van der Waals surface area (Å²) in [5.74, 6) is 0.772. The second kappa shape index (κ2) is 9.28. The van der Waals surface area contributed by atoms with Gasteiger partial charge in [0.15, 0.2) is 6.10 Å². The number of halogens is 1. The highest BCUT2D eigenvalue weighted by atomic mass is 35.5. The minimum Gasteiger partial charge on any atom is -0.481 e. The number of ether oxygens (including phenoxy) is 1. The molecule has 1 heterocycles. The minimum atomic E-state index is -0.475. The van der Waals surface area contributed by atoms with Crippen LogP contribution in [0.3, 0.4) is 0 Å². The third kappa shape index (κ3) is 4.80. The number of rotatable bonds is 5. The van der Waals surface area contributed by atoms with Crippen molar-refractivity contribution >= 4 is 30.1 Å². The van der Waals surface area contributed by atoms with E-state index in [1.165, 1.54) is 4.90 Å². The lowest BCUT2D eigenvalue weighted by atomic mass is 10.0. The van der Waals surface area contributed by atoms with Gasteiger partial charge in [0.05, 0.1) is 0 Å². The molecule has 1 aliphatic rings. The summed E-state index contributed by atoms with van der Waals surface area (Å²) in [6.45, 7) is 3.13. The Balaban J connectivity index is 0.00000242. The fourth-order valence-corrected chi connectivity index (χ4v) is 3.09. The molecule has 2 unspecified atom stereocenters. The lowest BCUT2D eigenvalue weighted by Crippen LogP contribution is -2.51. The lowest BCUT2D eigenvalue weighted by molar-refractivity contribution is -0.141. The molecule has 4 nitrogen and oxygen atoms in total. The predicted octanol–water partition coefficient (Wildman–Crippen LogP) is 2.94. The zero-order chi connectivity index (χ0) is 15.2. The Morgan fingerprint density at radius 3 is 2.68 bits per heavy atom. The van der Waals surface area contributed by atoms with E-state index in [0.29, 0.717) is 6.54 Å². The SMILES string of the molecule is CSc1ccc(OC(C)C(=O)N2CCCCC2CN)cc1.Cl. The molecule has 2 atom stereocenters. The van der Waals surface area contributed by atoms with E-state index in [-0.39, 0.29) is 24.4 Å². The van der Waals surface area contributed by atoms with Gasteiger partial charge < -0.3 is 15.4 Å². The molecule has 22 heavy (non-hydrogen) atoms. The van der Waals surface area contributed by atoms with Crippen LogP contribution >= 0.6 is 24.2 Å². The first-order valence-electron chi connectivity index (χ1n) is 7.47. The molecule has 124 valence electrons. The van der Waals surface area contributed by atoms with Crippen molar-refractivity contribution in [3.05, 3.63) is 24.3 Å². The summed E-state index contributed by atoms with van der Waals surface area (Å²) in [4.78, 5) is 15.6. The van der Waals surface area contributed by atoms with Crippen molar-refractivity contribution in [2.45, 2.75) is 43.2 Å². The smallest absolute Gasteiger partial charge is 0.263 e. The summed E-state index contributed by atoms with van der Waals surface area (Å²) < 4.78 is 5.78. The number of amides is 1. The average Bonchev–Trinajstić information content (AvgIpc) is 2.54. The molecular formula is C16H25ClN2O2S. The van der Waals surface area contributed by atoms with Gasteiger partial charge in [-0.15, -0.1) is 24.2 Å². The number of nitrogens with two attached hydrogens (primary N) is 1. The van der Waals surface area contributed by atoms with Crippen molar-refractivity contribution in [2.24, 2.45) is 5.73 Å². The summed E-state index contributed by atoms with van der Waals surface area (Å²) in [7, 11) is 0. The third-order valence-electron chi connectivity index (χ3n) is 3.90. The van der Waals surface area contributed by atoms with Gasteiger partial charge >= 0.3 is 0 Å². The minimum absolute atomic E-state index is 0. The Morgan fingerprint density at radius 1 is 1.41 bits per heavy atom. The second-order valence-electron chi connectivity index (χ2n) is 5.35. The van der Waals surface area contributed by atoms with Crippen molar-refractivity contribution < 1.29 is 9.53 Å². The fourth-order valence-electron chi connectivity index (χ4n) is 2.68. The van der Waals surface area contributed by atoms with E-state index in [9.17, 15) is 4.79 Å². The zero-order valence-electron chi connectivity index (χ0n) is 13.2. The van der Waals surface area contributed by atoms with E-state index >= 15 is 0 Å². The van der Waals surface area contributed by atoms with Gasteiger partial charge in [0.25, 0.3) is 5.91 Å². The van der Waals surface area contributed by atoms with E-state index in [1.54, 1.807) is 11.8 Å². The summed E-state index contributed by atoms with van der Waals surface area (Å²) >= 11 is 1.68. The van der Waals surface area contributed by atoms with Crippen LogP contribution in [0.5, 0.6) is 5.75 Å². The first-order valence-corrected chi connectivity index (χ1v) is 8.69. The van der Waals surface area contributed by atoms with E-state index in [1.807, 2.05) is 42.3 Å². The Morgan fingerprint density at radius 2 is 2.09 bits per heavy atom. The first-order chi connectivity index (χ1) is 10.2. The van der Waals surface area contributed by atoms with Crippen molar-refractivity contribution in [2.75, 3.05) is 19.3 Å². The molecule has 0 aliphatic carbocycles. The highest BCUT2D eigenvalue weighted by Gasteiger charge is 2.29. The van der Waals surface area contributed by atoms with Crippen molar-refractivity contribution in [1.29, 1.82) is 0 Å². The number of likely N-dealkylation sites (tertiary alicyclic amines) is 1. The van der Waals surface area contributed by atoms with Gasteiger partial charge in [0.2, 0.25) is 0 Å². The van der Waals surface area contributed by atoms with Gasteiger partial charge in [-0.05, 0) is 56.7 Å². The molecule has 0 spiro atoms. The molecule has 0 aromatic heterocycles. The van der Waals surface area contributed by atoms with Gasteiger partial charge in [-0.3, -0.25) is 4.79 Å². The number of carbonyl (C=O) groups is 1. The van der Waals surface area contributed by atoms with Crippen molar-refractivity contribution in [1.82, 2.24) is 4.90 Å². The number of piperidine rings is 1. The molecule has 1 fully saturated rings. The van der Waals surface area contributed by atoms with Crippen LogP contribution in [0.15, 0.2) is 29.2 Å². The molecule has 0 bridgehead atoms. The number of thioether (sulfide) groups is 1. The largest absolute Gasteiger partial charge is 0.481 e. The molecule has 0 saturated carbocycles. The maximum atomic E-state index is 12.5. The third-order valence-corrected chi connectivity index (χ3v) is 4.65. The standard InChI is InChI=1S/C16H24N2O2S.ClH/c1-12(20-14-6-8-15(21-2)9-7-14)16(19)18-10-4-3-5-13(18)11-17;/h6-9,12-13H,3-5,10-11,17H2,1-2H3;1H. The van der Waals surface area contributed by atoms with Crippen molar-refractivity contribution in [3.63, 3.8) is 0 Å². The van der Waals surface area contributed by atoms with Crippen LogP contribution in [-0.2, 0) is 4.79 Å². The van der Waals surface area contributed by atoms with Crippen LogP contribution in [0, 0.1) is 0 Å². The maximum absolute atomic E-state index is 12.5. The number of nitrogens with zero attached hydrogens (tertiary/aromatic N) is 1. The van der Waals surface area contributed by atoms with E-state index in [2.05, 4.69) is 0 Å². The van der Waals surface area contributed by atoms with E-state index in [0.717, 1.165) is 31.6 Å². The normalized spacial score (nSPS) is 19.2. The van der Waals surface area contributed by atoms with E-state index in [4.69, 9.17) is 10.5 Å². The second-order valence-corrected chi connectivity index (χ2v) is 6.23. The Labute approximate surface area is 143 Å². The monoisotopic (exact) mass is 344 g/mol. The van der Waals surface area contributed by atoms with Crippen LogP contribution in [-0.4, -0.2) is 42.3 Å². The molecule has 1 aromatic rings. The summed E-state index contributed by atoms with van der Waals surface area (Å²) in [5, 5.41) is 0. The topological polar surface area (TPSA) is 55.6 Å². The number of carbonyl (C=O) groups excluding carboxylic acids is 1. The molecule has 1 aliphatic heterocycles. The highest BCUT2D eigenvalue weighted by Crippen LogP contribution is 2.22. The maximum Gasteiger partial charge on any atom is 0.263 e. The molecule has 6 heteroatoms. The van der Waals surface area contributed by atoms with Crippen LogP contribution in [0.1, 0.15) is 26.2 Å². The molecule has 2 rings (SSSR count). The van der Waals surface area contributed by atoms with Gasteiger partial charge in [-0.1, -0.05) is 0 Å². The molecule has 0 radical (unpaired) electrons. The highest BCUT2D eigenvalue weighted by molar-refractivity contribution is 7.98. The van der Waals surface area contributed by atoms with Gasteiger partial charge in [-0.25, -0.2) is 0 Å². The van der Waals surface area contributed by atoms with Crippen LogP contribution in [0.2, 0.25) is 0 Å². The van der Waals surface area contributed by atoms with Crippen LogP contribution in [0.4, 0.5) is 0 Å². The van der Waals surface area contributed by atoms with Gasteiger partial charge in [0.1, 0.15) is 5.75 Å². The average molecular weight is 345 g/mol. The first kappa shape index (κ1) is 19.1. The predicted molar refractivity (Wildman–Crippen MR) is 94.0 cm³/mol. The Hall–Kier alpha value is -0.910. The quantitative estimate of drug-likeness (QED) is 0.834.